The van der Waals surface area contributed by atoms with Crippen molar-refractivity contribution in [1.29, 1.82) is 0 Å². The zero-order valence-electron chi connectivity index (χ0n) is 7.63. The maximum atomic E-state index is 8.71. The Morgan fingerprint density at radius 3 is 2.45 bits per heavy atom. The van der Waals surface area contributed by atoms with E-state index in [1.165, 1.54) is 0 Å². The molecule has 0 heterocycles. The van der Waals surface area contributed by atoms with Gasteiger partial charge in [0.05, 0.1) is 13.2 Å². The standard InChI is InChI=1S/C8H19NO2/c1-4-11-6-8(3)9-7(2)5-10/h7-10H,4-6H2,1-3H3/t7-,8?/m0/s1. The molecule has 2 atom stereocenters. The van der Waals surface area contributed by atoms with Crippen molar-refractivity contribution < 1.29 is 9.84 Å². The summed E-state index contributed by atoms with van der Waals surface area (Å²) in [6.45, 7) is 7.60. The first kappa shape index (κ1) is 10.9. The van der Waals surface area contributed by atoms with Gasteiger partial charge >= 0.3 is 0 Å². The van der Waals surface area contributed by atoms with Gasteiger partial charge in [0.25, 0.3) is 0 Å². The molecular formula is C8H19NO2. The van der Waals surface area contributed by atoms with E-state index in [0.29, 0.717) is 12.6 Å². The third-order valence-corrected chi connectivity index (χ3v) is 1.41. The molecule has 0 aliphatic rings. The zero-order valence-corrected chi connectivity index (χ0v) is 7.63. The van der Waals surface area contributed by atoms with Crippen LogP contribution >= 0.6 is 0 Å². The van der Waals surface area contributed by atoms with Gasteiger partial charge in [0, 0.05) is 18.7 Å². The third kappa shape index (κ3) is 6.28. The van der Waals surface area contributed by atoms with Crippen molar-refractivity contribution in [2.75, 3.05) is 19.8 Å². The summed E-state index contributed by atoms with van der Waals surface area (Å²) < 4.78 is 5.20. The van der Waals surface area contributed by atoms with E-state index in [9.17, 15) is 0 Å². The van der Waals surface area contributed by atoms with Crippen LogP contribution in [-0.4, -0.2) is 37.0 Å². The lowest BCUT2D eigenvalue weighted by molar-refractivity contribution is 0.119. The van der Waals surface area contributed by atoms with Gasteiger partial charge in [-0.05, 0) is 20.8 Å². The van der Waals surface area contributed by atoms with Gasteiger partial charge in [-0.15, -0.1) is 0 Å². The number of aliphatic hydroxyl groups is 1. The molecule has 0 radical (unpaired) electrons. The predicted molar refractivity (Wildman–Crippen MR) is 45.6 cm³/mol. The Balaban J connectivity index is 3.27. The molecule has 0 saturated heterocycles. The van der Waals surface area contributed by atoms with Gasteiger partial charge in [0.2, 0.25) is 0 Å². The van der Waals surface area contributed by atoms with Gasteiger partial charge in [0.15, 0.2) is 0 Å². The molecule has 3 nitrogen and oxygen atoms in total. The summed E-state index contributed by atoms with van der Waals surface area (Å²) in [5.41, 5.74) is 0. The third-order valence-electron chi connectivity index (χ3n) is 1.41. The highest BCUT2D eigenvalue weighted by atomic mass is 16.5. The smallest absolute Gasteiger partial charge is 0.0616 e. The fourth-order valence-corrected chi connectivity index (χ4v) is 0.881. The van der Waals surface area contributed by atoms with Crippen molar-refractivity contribution in [2.24, 2.45) is 0 Å². The molecule has 0 saturated carbocycles. The second-order valence-corrected chi connectivity index (χ2v) is 2.81. The number of aliphatic hydroxyl groups excluding tert-OH is 1. The van der Waals surface area contributed by atoms with Crippen molar-refractivity contribution in [3.05, 3.63) is 0 Å². The van der Waals surface area contributed by atoms with Crippen LogP contribution in [0.2, 0.25) is 0 Å². The van der Waals surface area contributed by atoms with Crippen molar-refractivity contribution in [1.82, 2.24) is 5.32 Å². The Kier molecular flexibility index (Phi) is 6.51. The molecule has 0 rings (SSSR count). The summed E-state index contributed by atoms with van der Waals surface area (Å²) in [6.07, 6.45) is 0. The molecule has 0 fully saturated rings. The quantitative estimate of drug-likeness (QED) is 0.592. The molecule has 11 heavy (non-hydrogen) atoms. The SMILES string of the molecule is CCOCC(C)N[C@@H](C)CO. The molecule has 0 aromatic heterocycles. The van der Waals surface area contributed by atoms with Crippen molar-refractivity contribution in [3.8, 4) is 0 Å². The minimum Gasteiger partial charge on any atom is -0.395 e. The topological polar surface area (TPSA) is 41.5 Å². The van der Waals surface area contributed by atoms with Crippen LogP contribution in [0, 0.1) is 0 Å². The van der Waals surface area contributed by atoms with Gasteiger partial charge in [-0.1, -0.05) is 0 Å². The van der Waals surface area contributed by atoms with E-state index in [4.69, 9.17) is 9.84 Å². The van der Waals surface area contributed by atoms with Crippen LogP contribution in [0.15, 0.2) is 0 Å². The predicted octanol–water partition coefficient (Wildman–Crippen LogP) is 0.382. The highest BCUT2D eigenvalue weighted by molar-refractivity contribution is 4.65. The van der Waals surface area contributed by atoms with Gasteiger partial charge in [-0.3, -0.25) is 0 Å². The molecule has 0 spiro atoms. The van der Waals surface area contributed by atoms with Gasteiger partial charge in [0.1, 0.15) is 0 Å². The molecule has 0 bridgehead atoms. The van der Waals surface area contributed by atoms with Gasteiger partial charge in [-0.25, -0.2) is 0 Å². The molecule has 0 amide bonds. The molecular weight excluding hydrogens is 142 g/mol. The van der Waals surface area contributed by atoms with E-state index in [1.807, 2.05) is 20.8 Å². The Hall–Kier alpha value is -0.120. The molecule has 0 aromatic rings. The summed E-state index contributed by atoms with van der Waals surface area (Å²) in [6, 6.07) is 0.475. The molecule has 68 valence electrons. The molecule has 2 N–H and O–H groups in total. The normalized spacial score (nSPS) is 16.4. The van der Waals surface area contributed by atoms with E-state index >= 15 is 0 Å². The van der Waals surface area contributed by atoms with E-state index < -0.39 is 0 Å². The second kappa shape index (κ2) is 6.58. The second-order valence-electron chi connectivity index (χ2n) is 2.81. The van der Waals surface area contributed by atoms with E-state index in [0.717, 1.165) is 6.61 Å². The summed E-state index contributed by atoms with van der Waals surface area (Å²) in [7, 11) is 0. The largest absolute Gasteiger partial charge is 0.395 e. The minimum atomic E-state index is 0.158. The van der Waals surface area contributed by atoms with Crippen LogP contribution < -0.4 is 5.32 Å². The number of hydrogen-bond donors (Lipinski definition) is 2. The Morgan fingerprint density at radius 2 is 2.00 bits per heavy atom. The van der Waals surface area contributed by atoms with E-state index in [1.54, 1.807) is 0 Å². The van der Waals surface area contributed by atoms with Crippen LogP contribution in [0.1, 0.15) is 20.8 Å². The summed E-state index contributed by atoms with van der Waals surface area (Å²) in [4.78, 5) is 0. The highest BCUT2D eigenvalue weighted by Crippen LogP contribution is 1.87. The van der Waals surface area contributed by atoms with Crippen molar-refractivity contribution >= 4 is 0 Å². The first-order valence-corrected chi connectivity index (χ1v) is 4.15. The summed E-state index contributed by atoms with van der Waals surface area (Å²) in [5, 5.41) is 11.9. The molecule has 3 heteroatoms. The lowest BCUT2D eigenvalue weighted by Gasteiger charge is -2.17. The Morgan fingerprint density at radius 1 is 1.36 bits per heavy atom. The molecule has 0 aliphatic heterocycles. The molecule has 0 aromatic carbocycles. The zero-order chi connectivity index (χ0) is 8.69. The van der Waals surface area contributed by atoms with Crippen molar-refractivity contribution in [2.45, 2.75) is 32.9 Å². The van der Waals surface area contributed by atoms with Crippen LogP contribution in [0.5, 0.6) is 0 Å². The Bertz CT molecular complexity index is 88.2. The highest BCUT2D eigenvalue weighted by Gasteiger charge is 2.04. The maximum Gasteiger partial charge on any atom is 0.0616 e. The molecule has 0 aliphatic carbocycles. The van der Waals surface area contributed by atoms with E-state index in [2.05, 4.69) is 5.32 Å². The monoisotopic (exact) mass is 161 g/mol. The molecule has 1 unspecified atom stereocenters. The number of ether oxygens (including phenoxy) is 1. The first-order valence-electron chi connectivity index (χ1n) is 4.15. The average Bonchev–Trinajstić information content (AvgIpc) is 2.00. The van der Waals surface area contributed by atoms with Crippen LogP contribution in [0.4, 0.5) is 0 Å². The maximum absolute atomic E-state index is 8.71. The number of nitrogens with one attached hydrogen (secondary N) is 1. The van der Waals surface area contributed by atoms with E-state index in [-0.39, 0.29) is 12.6 Å². The van der Waals surface area contributed by atoms with Gasteiger partial charge in [-0.2, -0.15) is 0 Å². The summed E-state index contributed by atoms with van der Waals surface area (Å²) in [5.74, 6) is 0. The van der Waals surface area contributed by atoms with Crippen LogP contribution in [0.25, 0.3) is 0 Å². The minimum absolute atomic E-state index is 0.158. The van der Waals surface area contributed by atoms with Gasteiger partial charge < -0.3 is 15.2 Å². The lowest BCUT2D eigenvalue weighted by atomic mass is 10.3. The number of hydrogen-bond acceptors (Lipinski definition) is 3. The van der Waals surface area contributed by atoms with Crippen LogP contribution in [0.3, 0.4) is 0 Å². The van der Waals surface area contributed by atoms with Crippen LogP contribution in [-0.2, 0) is 4.74 Å². The first-order chi connectivity index (χ1) is 5.20. The van der Waals surface area contributed by atoms with Crippen molar-refractivity contribution in [3.63, 3.8) is 0 Å². The summed E-state index contributed by atoms with van der Waals surface area (Å²) >= 11 is 0. The Labute approximate surface area is 68.8 Å². The fourth-order valence-electron chi connectivity index (χ4n) is 0.881. The number of rotatable bonds is 6. The fraction of sp³-hybridized carbons (Fsp3) is 1.00. The average molecular weight is 161 g/mol. The lowest BCUT2D eigenvalue weighted by Crippen LogP contribution is -2.39.